The molecule has 3 rings (SSSR count). The molecule has 2 aliphatic carbocycles. The van der Waals surface area contributed by atoms with Crippen LogP contribution in [0.5, 0.6) is 0 Å². The zero-order valence-corrected chi connectivity index (χ0v) is 13.7. The number of allylic oxidation sites excluding steroid dienone is 3. The Morgan fingerprint density at radius 3 is 1.58 bits per heavy atom. The molecule has 10 radical (unpaired) electrons. The Morgan fingerprint density at radius 1 is 0.737 bits per heavy atom. The fraction of sp³-hybridized carbons (Fsp3) is 0.125. The second-order valence-corrected chi connectivity index (χ2v) is 6.73. The normalized spacial score (nSPS) is 23.2. The molecular weight excluding hydrogens is 312 g/mol. The Kier molecular flexibility index (Phi) is 8.97. The zero-order valence-electron chi connectivity index (χ0n) is 10.9. The van der Waals surface area contributed by atoms with Gasteiger partial charge in [0.1, 0.15) is 0 Å². The van der Waals surface area contributed by atoms with E-state index in [4.69, 9.17) is 0 Å². The fourth-order valence-electron chi connectivity index (χ4n) is 1.47. The summed E-state index contributed by atoms with van der Waals surface area (Å²) in [6.07, 6.45) is 20.7. The SMILES string of the molecule is CC1=C(C)SC(=C[C]2[CH][CH][CH][CH]2)S1.[CH]1[CH][CH][CH][CH]1.[Fe+2]. The van der Waals surface area contributed by atoms with Gasteiger partial charge in [0, 0.05) is 10.2 Å². The van der Waals surface area contributed by atoms with Gasteiger partial charge in [-0.1, -0.05) is 29.6 Å². The van der Waals surface area contributed by atoms with Gasteiger partial charge in [0.05, 0.1) is 0 Å². The minimum absolute atomic E-state index is 0. The molecule has 0 N–H and O–H groups in total. The van der Waals surface area contributed by atoms with E-state index in [0.29, 0.717) is 0 Å². The number of rotatable bonds is 1. The maximum Gasteiger partial charge on any atom is 2.00 e. The van der Waals surface area contributed by atoms with E-state index in [0.717, 1.165) is 0 Å². The largest absolute Gasteiger partial charge is 2.00 e. The van der Waals surface area contributed by atoms with Crippen molar-refractivity contribution >= 4 is 23.5 Å². The van der Waals surface area contributed by atoms with Gasteiger partial charge >= 0.3 is 17.1 Å². The van der Waals surface area contributed by atoms with E-state index >= 15 is 0 Å². The van der Waals surface area contributed by atoms with Gasteiger partial charge in [-0.25, -0.2) is 0 Å². The molecule has 0 unspecified atom stereocenters. The summed E-state index contributed by atoms with van der Waals surface area (Å²) in [6, 6.07) is 0. The standard InChI is InChI=1S/C11H11S2.C5H5.Fe/c1-8-9(2)13-11(12-8)7-10-5-3-4-6-10;1-2-4-5-3-1;/h3-7H,1-2H3;1-5H;/q;;+2. The number of hydrogen-bond donors (Lipinski definition) is 0. The van der Waals surface area contributed by atoms with Gasteiger partial charge in [-0.15, -0.1) is 0 Å². The Balaban J connectivity index is 0.000000256. The molecule has 3 aliphatic rings. The van der Waals surface area contributed by atoms with Crippen LogP contribution in [-0.2, 0) is 17.1 Å². The summed E-state index contributed by atoms with van der Waals surface area (Å²) in [5.74, 6) is 1.30. The minimum atomic E-state index is 0. The summed E-state index contributed by atoms with van der Waals surface area (Å²) in [6.45, 7) is 4.36. The molecule has 0 spiro atoms. The molecule has 0 aromatic heterocycles. The first-order chi connectivity index (χ1) is 8.75. The molecule has 0 saturated heterocycles. The molecule has 0 nitrogen and oxygen atoms in total. The van der Waals surface area contributed by atoms with Crippen molar-refractivity contribution in [1.82, 2.24) is 0 Å². The van der Waals surface area contributed by atoms with Gasteiger partial charge < -0.3 is 0 Å². The van der Waals surface area contributed by atoms with Gasteiger partial charge in [0.25, 0.3) is 0 Å². The Hall–Kier alpha value is 0.699. The molecule has 0 aromatic rings. The quantitative estimate of drug-likeness (QED) is 0.623. The summed E-state index contributed by atoms with van der Waals surface area (Å²) in [4.78, 5) is 2.87. The minimum Gasteiger partial charge on any atom is -0.0870 e. The monoisotopic (exact) mass is 328 g/mol. The summed E-state index contributed by atoms with van der Waals surface area (Å²) in [5, 5.41) is 0. The number of thioether (sulfide) groups is 2. The first-order valence-corrected chi connectivity index (χ1v) is 7.52. The van der Waals surface area contributed by atoms with Crippen LogP contribution in [0.15, 0.2) is 20.1 Å². The van der Waals surface area contributed by atoms with Crippen molar-refractivity contribution < 1.29 is 17.1 Å². The molecule has 98 valence electrons. The van der Waals surface area contributed by atoms with Crippen molar-refractivity contribution in [3.05, 3.63) is 83.8 Å². The van der Waals surface area contributed by atoms with E-state index in [2.05, 4.69) is 45.6 Å². The smallest absolute Gasteiger partial charge is 0.0870 e. The third kappa shape index (κ3) is 6.33. The molecule has 3 heteroatoms. The van der Waals surface area contributed by atoms with Crippen molar-refractivity contribution in [1.29, 1.82) is 0 Å². The number of hydrogen-bond acceptors (Lipinski definition) is 2. The Bertz CT molecular complexity index is 300. The molecule has 1 heterocycles. The summed E-state index contributed by atoms with van der Waals surface area (Å²) in [7, 11) is 0. The second kappa shape index (κ2) is 9.60. The van der Waals surface area contributed by atoms with Crippen LogP contribution in [0, 0.1) is 63.7 Å². The molecule has 1 aliphatic heterocycles. The first-order valence-electron chi connectivity index (χ1n) is 5.89. The third-order valence-corrected chi connectivity index (χ3v) is 5.02. The van der Waals surface area contributed by atoms with Crippen LogP contribution in [0.25, 0.3) is 0 Å². The average Bonchev–Trinajstić information content (AvgIpc) is 3.07. The van der Waals surface area contributed by atoms with Crippen molar-refractivity contribution in [2.24, 2.45) is 0 Å². The van der Waals surface area contributed by atoms with E-state index < -0.39 is 0 Å². The Labute approximate surface area is 138 Å². The van der Waals surface area contributed by atoms with Crippen LogP contribution in [0.4, 0.5) is 0 Å². The van der Waals surface area contributed by atoms with Gasteiger partial charge in [0.15, 0.2) is 0 Å². The summed E-state index contributed by atoms with van der Waals surface area (Å²) >= 11 is 3.75. The van der Waals surface area contributed by atoms with Crippen molar-refractivity contribution in [3.8, 4) is 0 Å². The van der Waals surface area contributed by atoms with Crippen LogP contribution < -0.4 is 0 Å². The van der Waals surface area contributed by atoms with Gasteiger partial charge in [0.2, 0.25) is 0 Å². The molecule has 0 atom stereocenters. The second-order valence-electron chi connectivity index (χ2n) is 3.96. The molecule has 2 fully saturated rings. The average molecular weight is 328 g/mol. The van der Waals surface area contributed by atoms with Crippen LogP contribution in [0.3, 0.4) is 0 Å². The van der Waals surface area contributed by atoms with E-state index in [-0.39, 0.29) is 17.1 Å². The Morgan fingerprint density at radius 2 is 1.16 bits per heavy atom. The molecular formula is C16H16FeS2+2. The predicted molar refractivity (Wildman–Crippen MR) is 83.6 cm³/mol. The van der Waals surface area contributed by atoms with Gasteiger partial charge in [-0.2, -0.15) is 0 Å². The van der Waals surface area contributed by atoms with E-state index in [9.17, 15) is 0 Å². The predicted octanol–water partition coefficient (Wildman–Crippen LogP) is 4.98. The van der Waals surface area contributed by atoms with Crippen LogP contribution in [-0.4, -0.2) is 0 Å². The molecule has 2 saturated carbocycles. The molecule has 19 heavy (non-hydrogen) atoms. The maximum atomic E-state index is 2.25. The first kappa shape index (κ1) is 17.8. The van der Waals surface area contributed by atoms with Crippen LogP contribution in [0.1, 0.15) is 13.8 Å². The molecule has 0 aromatic carbocycles. The fourth-order valence-corrected chi connectivity index (χ4v) is 3.91. The van der Waals surface area contributed by atoms with Gasteiger partial charge in [-0.3, -0.25) is 0 Å². The zero-order chi connectivity index (χ0) is 12.8. The molecule has 0 bridgehead atoms. The molecule has 0 amide bonds. The van der Waals surface area contributed by atoms with Gasteiger partial charge in [-0.05, 0) is 81.4 Å². The topological polar surface area (TPSA) is 0 Å². The van der Waals surface area contributed by atoms with Crippen molar-refractivity contribution in [3.63, 3.8) is 0 Å². The van der Waals surface area contributed by atoms with Crippen LogP contribution >= 0.6 is 23.5 Å². The van der Waals surface area contributed by atoms with Crippen molar-refractivity contribution in [2.45, 2.75) is 13.8 Å². The van der Waals surface area contributed by atoms with Crippen molar-refractivity contribution in [2.75, 3.05) is 0 Å². The van der Waals surface area contributed by atoms with E-state index in [1.165, 1.54) is 20.0 Å². The van der Waals surface area contributed by atoms with Crippen LogP contribution in [0.2, 0.25) is 0 Å². The summed E-state index contributed by atoms with van der Waals surface area (Å²) in [5.41, 5.74) is 0. The maximum absolute atomic E-state index is 2.25. The van der Waals surface area contributed by atoms with E-state index in [1.807, 2.05) is 55.6 Å². The summed E-state index contributed by atoms with van der Waals surface area (Å²) < 4.78 is 1.39. The third-order valence-electron chi connectivity index (χ3n) is 2.53. The van der Waals surface area contributed by atoms with E-state index in [1.54, 1.807) is 0 Å².